The Morgan fingerprint density at radius 1 is 1.02 bits per heavy atom. The lowest BCUT2D eigenvalue weighted by atomic mass is 10.1. The van der Waals surface area contributed by atoms with Crippen LogP contribution in [-0.4, -0.2) is 50.9 Å². The van der Waals surface area contributed by atoms with Gasteiger partial charge in [-0.15, -0.1) is 0 Å². The summed E-state index contributed by atoms with van der Waals surface area (Å²) in [7, 11) is -2.68. The van der Waals surface area contributed by atoms with Gasteiger partial charge in [-0.3, -0.25) is 13.9 Å². The summed E-state index contributed by atoms with van der Waals surface area (Å²) in [5, 5.41) is 3.10. The Kier molecular flexibility index (Phi) is 10.2. The van der Waals surface area contributed by atoms with Gasteiger partial charge in [-0.05, 0) is 80.3 Å². The average Bonchev–Trinajstić information content (AvgIpc) is 3.49. The summed E-state index contributed by atoms with van der Waals surface area (Å²) in [6, 6.07) is 17.6. The van der Waals surface area contributed by atoms with Crippen molar-refractivity contribution in [2.45, 2.75) is 69.5 Å². The molecule has 2 amide bonds. The van der Waals surface area contributed by atoms with E-state index in [-0.39, 0.29) is 29.1 Å². The van der Waals surface area contributed by atoms with E-state index in [1.54, 1.807) is 37.4 Å². The lowest BCUT2D eigenvalue weighted by molar-refractivity contribution is -0.140. The highest BCUT2D eigenvalue weighted by atomic mass is 32.2. The van der Waals surface area contributed by atoms with Crippen molar-refractivity contribution in [1.29, 1.82) is 0 Å². The first-order chi connectivity index (χ1) is 20.1. The monoisotopic (exact) mass is 595 g/mol. The molecule has 0 heterocycles. The number of anilines is 1. The number of hydrogen-bond donors (Lipinski definition) is 1. The maximum atomic E-state index is 14.2. The number of aryl methyl sites for hydroxylation is 1. The van der Waals surface area contributed by atoms with Crippen LogP contribution in [0.5, 0.6) is 5.75 Å². The molecule has 1 saturated carbocycles. The molecule has 0 radical (unpaired) electrons. The van der Waals surface area contributed by atoms with Crippen molar-refractivity contribution in [3.8, 4) is 5.75 Å². The second-order valence-electron chi connectivity index (χ2n) is 10.6. The first kappa shape index (κ1) is 31.0. The normalized spacial score (nSPS) is 14.3. The summed E-state index contributed by atoms with van der Waals surface area (Å²) >= 11 is 0. The molecule has 1 N–H and O–H groups in total. The summed E-state index contributed by atoms with van der Waals surface area (Å²) in [6.07, 6.45) is 4.18. The number of carbonyl (C=O) groups is 2. The molecular weight excluding hydrogens is 557 g/mol. The van der Waals surface area contributed by atoms with Gasteiger partial charge in [-0.25, -0.2) is 12.8 Å². The van der Waals surface area contributed by atoms with Gasteiger partial charge in [-0.2, -0.15) is 0 Å². The van der Waals surface area contributed by atoms with E-state index in [0.717, 1.165) is 53.2 Å². The quantitative estimate of drug-likeness (QED) is 0.310. The third kappa shape index (κ3) is 7.47. The average molecular weight is 596 g/mol. The number of ether oxygens (including phenoxy) is 1. The first-order valence-corrected chi connectivity index (χ1v) is 15.6. The predicted octanol–water partition coefficient (Wildman–Crippen LogP) is 5.20. The molecule has 42 heavy (non-hydrogen) atoms. The van der Waals surface area contributed by atoms with Crippen LogP contribution in [0.3, 0.4) is 0 Å². The van der Waals surface area contributed by atoms with E-state index in [9.17, 15) is 22.4 Å². The first-order valence-electron chi connectivity index (χ1n) is 14.2. The highest BCUT2D eigenvalue weighted by Gasteiger charge is 2.34. The van der Waals surface area contributed by atoms with Crippen molar-refractivity contribution in [3.63, 3.8) is 0 Å². The summed E-state index contributed by atoms with van der Waals surface area (Å²) in [5.41, 5.74) is 1.74. The summed E-state index contributed by atoms with van der Waals surface area (Å²) in [4.78, 5) is 29.1. The highest BCUT2D eigenvalue weighted by molar-refractivity contribution is 7.92. The number of benzene rings is 3. The van der Waals surface area contributed by atoms with Gasteiger partial charge in [0.05, 0.1) is 17.7 Å². The minimum atomic E-state index is -4.22. The third-order valence-electron chi connectivity index (χ3n) is 7.58. The van der Waals surface area contributed by atoms with E-state index in [4.69, 9.17) is 4.74 Å². The van der Waals surface area contributed by atoms with Crippen molar-refractivity contribution in [2.75, 3.05) is 18.0 Å². The molecular formula is C32H38FN3O5S. The van der Waals surface area contributed by atoms with Gasteiger partial charge in [0.15, 0.2) is 0 Å². The molecule has 3 aromatic carbocycles. The molecule has 1 atom stereocenters. The number of hydrogen-bond acceptors (Lipinski definition) is 5. The summed E-state index contributed by atoms with van der Waals surface area (Å²) < 4.78 is 47.9. The maximum absolute atomic E-state index is 14.2. The van der Waals surface area contributed by atoms with Gasteiger partial charge in [0, 0.05) is 12.6 Å². The predicted molar refractivity (Wildman–Crippen MR) is 160 cm³/mol. The third-order valence-corrected chi connectivity index (χ3v) is 9.37. The molecule has 0 spiro atoms. The van der Waals surface area contributed by atoms with E-state index >= 15 is 0 Å². The minimum absolute atomic E-state index is 0.00408. The van der Waals surface area contributed by atoms with Crippen molar-refractivity contribution in [1.82, 2.24) is 10.2 Å². The standard InChI is InChI=1S/C32H38FN3O5S/c1-4-30(32(38)34-26-9-5-6-10-26)35(21-24-8-7-11-28(20-24)41-3)31(37)22-36(27-16-14-25(33)15-17-27)42(39,40)29-18-12-23(2)13-19-29/h7-8,11-20,26,30H,4-6,9-10,21-22H2,1-3H3,(H,34,38). The number of nitrogens with one attached hydrogen (secondary N) is 1. The second kappa shape index (κ2) is 13.8. The Balaban J connectivity index is 1.71. The number of amides is 2. The van der Waals surface area contributed by atoms with E-state index in [2.05, 4.69) is 5.32 Å². The van der Waals surface area contributed by atoms with Gasteiger partial charge >= 0.3 is 0 Å². The second-order valence-corrected chi connectivity index (χ2v) is 12.5. The van der Waals surface area contributed by atoms with E-state index in [1.165, 1.54) is 29.2 Å². The van der Waals surface area contributed by atoms with E-state index in [1.807, 2.05) is 19.9 Å². The number of nitrogens with zero attached hydrogens (tertiary/aromatic N) is 2. The molecule has 1 fully saturated rings. The number of sulfonamides is 1. The molecule has 0 saturated heterocycles. The molecule has 10 heteroatoms. The Morgan fingerprint density at radius 2 is 1.69 bits per heavy atom. The fourth-order valence-corrected chi connectivity index (χ4v) is 6.64. The van der Waals surface area contributed by atoms with Crippen LogP contribution < -0.4 is 14.4 Å². The number of carbonyl (C=O) groups excluding carboxylic acids is 2. The zero-order valence-corrected chi connectivity index (χ0v) is 25.1. The van der Waals surface area contributed by atoms with Crippen LogP contribution in [0.4, 0.5) is 10.1 Å². The van der Waals surface area contributed by atoms with Gasteiger partial charge in [0.1, 0.15) is 24.2 Å². The van der Waals surface area contributed by atoms with E-state index < -0.39 is 34.3 Å². The minimum Gasteiger partial charge on any atom is -0.497 e. The highest BCUT2D eigenvalue weighted by Crippen LogP contribution is 2.26. The zero-order valence-electron chi connectivity index (χ0n) is 24.3. The smallest absolute Gasteiger partial charge is 0.264 e. The summed E-state index contributed by atoms with van der Waals surface area (Å²) in [5.74, 6) is -0.771. The largest absolute Gasteiger partial charge is 0.497 e. The molecule has 4 rings (SSSR count). The zero-order chi connectivity index (χ0) is 30.3. The van der Waals surface area contributed by atoms with Crippen LogP contribution in [-0.2, 0) is 26.2 Å². The number of methoxy groups -OCH3 is 1. The van der Waals surface area contributed by atoms with Crippen molar-refractivity contribution in [2.24, 2.45) is 0 Å². The molecule has 1 aliphatic rings. The lowest BCUT2D eigenvalue weighted by Crippen LogP contribution is -2.53. The molecule has 0 aromatic heterocycles. The molecule has 0 aliphatic heterocycles. The Labute approximate surface area is 247 Å². The number of halogens is 1. The van der Waals surface area contributed by atoms with Crippen LogP contribution in [0.25, 0.3) is 0 Å². The van der Waals surface area contributed by atoms with Crippen LogP contribution in [0.1, 0.15) is 50.2 Å². The molecule has 224 valence electrons. The van der Waals surface area contributed by atoms with Gasteiger partial charge in [-0.1, -0.05) is 49.6 Å². The van der Waals surface area contributed by atoms with Crippen LogP contribution in [0.2, 0.25) is 0 Å². The lowest BCUT2D eigenvalue weighted by Gasteiger charge is -2.33. The van der Waals surface area contributed by atoms with Crippen molar-refractivity contribution in [3.05, 3.63) is 89.7 Å². The van der Waals surface area contributed by atoms with Crippen LogP contribution in [0.15, 0.2) is 77.7 Å². The van der Waals surface area contributed by atoms with Crippen LogP contribution in [0, 0.1) is 12.7 Å². The maximum Gasteiger partial charge on any atom is 0.264 e. The molecule has 3 aromatic rings. The molecule has 8 nitrogen and oxygen atoms in total. The Morgan fingerprint density at radius 3 is 2.31 bits per heavy atom. The molecule has 0 bridgehead atoms. The Hall–Kier alpha value is -3.92. The van der Waals surface area contributed by atoms with Gasteiger partial charge in [0.25, 0.3) is 10.0 Å². The van der Waals surface area contributed by atoms with Gasteiger partial charge < -0.3 is 15.0 Å². The fourth-order valence-electron chi connectivity index (χ4n) is 5.23. The van der Waals surface area contributed by atoms with E-state index in [0.29, 0.717) is 12.2 Å². The van der Waals surface area contributed by atoms with Crippen molar-refractivity contribution >= 4 is 27.5 Å². The SMILES string of the molecule is CCC(C(=O)NC1CCCC1)N(Cc1cccc(OC)c1)C(=O)CN(c1ccc(F)cc1)S(=O)(=O)c1ccc(C)cc1. The fraction of sp³-hybridized carbons (Fsp3) is 0.375. The molecule has 1 unspecified atom stereocenters. The number of rotatable bonds is 12. The Bertz CT molecular complexity index is 1470. The van der Waals surface area contributed by atoms with Crippen molar-refractivity contribution < 1.29 is 27.1 Å². The topological polar surface area (TPSA) is 96.0 Å². The van der Waals surface area contributed by atoms with Crippen LogP contribution >= 0.6 is 0 Å². The van der Waals surface area contributed by atoms with Gasteiger partial charge in [0.2, 0.25) is 11.8 Å². The molecule has 1 aliphatic carbocycles. The summed E-state index contributed by atoms with van der Waals surface area (Å²) in [6.45, 7) is 3.15.